The van der Waals surface area contributed by atoms with Gasteiger partial charge in [-0.15, -0.1) is 0 Å². The van der Waals surface area contributed by atoms with E-state index in [1.165, 1.54) is 131 Å². The molecule has 59 heavy (non-hydrogen) atoms. The zero-order chi connectivity index (χ0) is 39.0. The standard InChI is InChI=1S/C59H38/c1-59(2)53-23-8-7-16-41(53)51-34-40(27-31-54(51)59)56-42-17-5-6-18-45(42)58(50-28-26-39(33-52(50)56)38-25-24-35-12-3-4-13-37(35)32-38)49-30-29-48-44-20-10-15-36-14-9-19-43(55(36)44)46-21-11-22-47(49)57(46)48/h3-34H,1-2H3. The maximum atomic E-state index is 2.48. The van der Waals surface area contributed by atoms with Crippen molar-refractivity contribution in [3.05, 3.63) is 205 Å². The Labute approximate surface area is 342 Å². The molecule has 1 aliphatic carbocycles. The molecule has 0 aromatic heterocycles. The number of benzene rings is 12. The molecule has 0 heteroatoms. The lowest BCUT2D eigenvalue weighted by Gasteiger charge is -2.23. The predicted octanol–water partition coefficient (Wildman–Crippen LogP) is 16.5. The van der Waals surface area contributed by atoms with Crippen molar-refractivity contribution in [1.29, 1.82) is 0 Å². The van der Waals surface area contributed by atoms with Gasteiger partial charge in [0.15, 0.2) is 0 Å². The molecule has 0 saturated carbocycles. The van der Waals surface area contributed by atoms with Crippen LogP contribution in [0.1, 0.15) is 25.0 Å². The SMILES string of the molecule is CC1(C)c2ccccc2-c2cc(-c3c4ccccc4c(-c4ccc5c6cccc7cccc(c8cccc4c85)c76)c4ccc(-c5ccc6ccccc6c5)cc34)ccc21. The Morgan fingerprint density at radius 2 is 0.814 bits per heavy atom. The van der Waals surface area contributed by atoms with Crippen LogP contribution in [0, 0.1) is 0 Å². The van der Waals surface area contributed by atoms with Gasteiger partial charge in [0.1, 0.15) is 0 Å². The van der Waals surface area contributed by atoms with Crippen molar-refractivity contribution in [1.82, 2.24) is 0 Å². The van der Waals surface area contributed by atoms with Crippen LogP contribution in [0.3, 0.4) is 0 Å². The third-order valence-corrected chi connectivity index (χ3v) is 13.8. The lowest BCUT2D eigenvalue weighted by molar-refractivity contribution is 0.660. The second kappa shape index (κ2) is 11.9. The summed E-state index contributed by atoms with van der Waals surface area (Å²) in [4.78, 5) is 0. The first kappa shape index (κ1) is 32.8. The van der Waals surface area contributed by atoms with Crippen molar-refractivity contribution < 1.29 is 0 Å². The monoisotopic (exact) mass is 746 g/mol. The normalized spacial score (nSPS) is 13.4. The minimum absolute atomic E-state index is 0.0532. The zero-order valence-electron chi connectivity index (χ0n) is 33.0. The Morgan fingerprint density at radius 1 is 0.271 bits per heavy atom. The number of hydrogen-bond donors (Lipinski definition) is 0. The Balaban J connectivity index is 1.15. The molecule has 0 N–H and O–H groups in total. The van der Waals surface area contributed by atoms with E-state index < -0.39 is 0 Å². The van der Waals surface area contributed by atoms with E-state index in [1.807, 2.05) is 0 Å². The van der Waals surface area contributed by atoms with Gasteiger partial charge in [0.05, 0.1) is 0 Å². The highest BCUT2D eigenvalue weighted by Gasteiger charge is 2.35. The molecular weight excluding hydrogens is 709 g/mol. The van der Waals surface area contributed by atoms with Crippen molar-refractivity contribution in [2.24, 2.45) is 0 Å². The second-order valence-corrected chi connectivity index (χ2v) is 17.1. The molecule has 0 nitrogen and oxygen atoms in total. The van der Waals surface area contributed by atoms with Crippen LogP contribution in [-0.4, -0.2) is 0 Å². The molecular formula is C59H38. The van der Waals surface area contributed by atoms with E-state index >= 15 is 0 Å². The van der Waals surface area contributed by atoms with Crippen molar-refractivity contribution in [3.63, 3.8) is 0 Å². The molecule has 0 bridgehead atoms. The summed E-state index contributed by atoms with van der Waals surface area (Å²) >= 11 is 0. The minimum atomic E-state index is -0.0532. The average molecular weight is 747 g/mol. The fraction of sp³-hybridized carbons (Fsp3) is 0.0508. The van der Waals surface area contributed by atoms with Crippen molar-refractivity contribution in [2.75, 3.05) is 0 Å². The molecule has 274 valence electrons. The third-order valence-electron chi connectivity index (χ3n) is 13.8. The van der Waals surface area contributed by atoms with Gasteiger partial charge >= 0.3 is 0 Å². The van der Waals surface area contributed by atoms with Crippen LogP contribution >= 0.6 is 0 Å². The fourth-order valence-corrected chi connectivity index (χ4v) is 11.1. The van der Waals surface area contributed by atoms with Crippen molar-refractivity contribution in [3.8, 4) is 44.5 Å². The predicted molar refractivity (Wildman–Crippen MR) is 254 cm³/mol. The van der Waals surface area contributed by atoms with Gasteiger partial charge in [0.2, 0.25) is 0 Å². The van der Waals surface area contributed by atoms with Crippen molar-refractivity contribution >= 4 is 75.4 Å². The van der Waals surface area contributed by atoms with E-state index in [0.717, 1.165) is 0 Å². The molecule has 0 fully saturated rings. The van der Waals surface area contributed by atoms with Crippen LogP contribution in [0.15, 0.2) is 194 Å². The van der Waals surface area contributed by atoms with Gasteiger partial charge in [0, 0.05) is 5.41 Å². The number of rotatable bonds is 3. The first-order valence-corrected chi connectivity index (χ1v) is 20.8. The summed E-state index contributed by atoms with van der Waals surface area (Å²) in [5.74, 6) is 0. The van der Waals surface area contributed by atoms with Gasteiger partial charge in [-0.05, 0) is 149 Å². The Bertz CT molecular complexity index is 3700. The lowest BCUT2D eigenvalue weighted by Crippen LogP contribution is -2.14. The highest BCUT2D eigenvalue weighted by atomic mass is 14.4. The molecule has 1 aliphatic rings. The third kappa shape index (κ3) is 4.49. The molecule has 0 aliphatic heterocycles. The smallest absolute Gasteiger partial charge is 0.0158 e. The molecule has 0 heterocycles. The van der Waals surface area contributed by atoms with Gasteiger partial charge in [-0.2, -0.15) is 0 Å². The maximum absolute atomic E-state index is 2.48. The number of hydrogen-bond acceptors (Lipinski definition) is 0. The van der Waals surface area contributed by atoms with Gasteiger partial charge in [-0.25, -0.2) is 0 Å². The molecule has 0 radical (unpaired) electrons. The lowest BCUT2D eigenvalue weighted by atomic mass is 9.80. The van der Waals surface area contributed by atoms with Gasteiger partial charge in [-0.3, -0.25) is 0 Å². The largest absolute Gasteiger partial charge is 0.0619 e. The first-order valence-electron chi connectivity index (χ1n) is 20.8. The maximum Gasteiger partial charge on any atom is 0.0158 e. The second-order valence-electron chi connectivity index (χ2n) is 17.1. The quantitative estimate of drug-likeness (QED) is 0.125. The summed E-state index contributed by atoms with van der Waals surface area (Å²) in [7, 11) is 0. The van der Waals surface area contributed by atoms with Crippen molar-refractivity contribution in [2.45, 2.75) is 19.3 Å². The Morgan fingerprint density at radius 3 is 1.64 bits per heavy atom. The fourth-order valence-electron chi connectivity index (χ4n) is 11.1. The first-order chi connectivity index (χ1) is 29.0. The van der Waals surface area contributed by atoms with Gasteiger partial charge < -0.3 is 0 Å². The Kier molecular flexibility index (Phi) is 6.60. The summed E-state index contributed by atoms with van der Waals surface area (Å²) in [5, 5.41) is 18.1. The van der Waals surface area contributed by atoms with Gasteiger partial charge in [0.25, 0.3) is 0 Å². The molecule has 13 rings (SSSR count). The summed E-state index contributed by atoms with van der Waals surface area (Å²) in [6.07, 6.45) is 0. The van der Waals surface area contributed by atoms with Crippen LogP contribution in [-0.2, 0) is 5.41 Å². The highest BCUT2D eigenvalue weighted by Crippen LogP contribution is 2.53. The van der Waals surface area contributed by atoms with E-state index in [9.17, 15) is 0 Å². The molecule has 0 unspecified atom stereocenters. The summed E-state index contributed by atoms with van der Waals surface area (Å²) < 4.78 is 0. The van der Waals surface area contributed by atoms with E-state index in [1.54, 1.807) is 0 Å². The summed E-state index contributed by atoms with van der Waals surface area (Å²) in [5.41, 5.74) is 13.0. The molecule has 12 aromatic rings. The van der Waals surface area contributed by atoms with Crippen LogP contribution in [0.25, 0.3) is 120 Å². The van der Waals surface area contributed by atoms with E-state index in [0.29, 0.717) is 0 Å². The van der Waals surface area contributed by atoms with Crippen LogP contribution in [0.4, 0.5) is 0 Å². The van der Waals surface area contributed by atoms with E-state index in [4.69, 9.17) is 0 Å². The molecule has 0 saturated heterocycles. The summed E-state index contributed by atoms with van der Waals surface area (Å²) in [6.45, 7) is 4.73. The minimum Gasteiger partial charge on any atom is -0.0619 e. The zero-order valence-corrected chi connectivity index (χ0v) is 33.0. The molecule has 12 aromatic carbocycles. The summed E-state index contributed by atoms with van der Waals surface area (Å²) in [6, 6.07) is 73.4. The van der Waals surface area contributed by atoms with Gasteiger partial charge in [-0.1, -0.05) is 190 Å². The van der Waals surface area contributed by atoms with E-state index in [2.05, 4.69) is 208 Å². The van der Waals surface area contributed by atoms with Crippen LogP contribution < -0.4 is 0 Å². The topological polar surface area (TPSA) is 0 Å². The Hall–Kier alpha value is -7.28. The average Bonchev–Trinajstić information content (AvgIpc) is 3.52. The van der Waals surface area contributed by atoms with Crippen LogP contribution in [0.5, 0.6) is 0 Å². The molecule has 0 atom stereocenters. The molecule has 0 amide bonds. The number of fused-ring (bicyclic) bond motifs is 8. The highest BCUT2D eigenvalue weighted by molar-refractivity contribution is 6.35. The van der Waals surface area contributed by atoms with Crippen LogP contribution in [0.2, 0.25) is 0 Å². The van der Waals surface area contributed by atoms with E-state index in [-0.39, 0.29) is 5.41 Å². The molecule has 0 spiro atoms.